The van der Waals surface area contributed by atoms with Gasteiger partial charge in [0.1, 0.15) is 5.54 Å². The zero-order valence-corrected chi connectivity index (χ0v) is 12.7. The smallest absolute Gasteiger partial charge is 0.332 e. The van der Waals surface area contributed by atoms with Crippen LogP contribution in [0.2, 0.25) is 0 Å². The molecule has 0 amide bonds. The normalized spacial score (nSPS) is 25.4. The van der Waals surface area contributed by atoms with Crippen molar-refractivity contribution in [3.8, 4) is 0 Å². The van der Waals surface area contributed by atoms with Crippen LogP contribution in [0, 0.1) is 12.8 Å². The van der Waals surface area contributed by atoms with E-state index in [1.165, 1.54) is 5.56 Å². The van der Waals surface area contributed by atoms with Crippen LogP contribution in [0.3, 0.4) is 0 Å². The summed E-state index contributed by atoms with van der Waals surface area (Å²) in [6.07, 6.45) is 4.03. The topological polar surface area (TPSA) is 38.3 Å². The number of benzene rings is 1. The molecule has 0 aliphatic heterocycles. The molecule has 1 saturated carbocycles. The van der Waals surface area contributed by atoms with Crippen LogP contribution >= 0.6 is 0 Å². The van der Waals surface area contributed by atoms with Crippen LogP contribution in [0.25, 0.3) is 0 Å². The van der Waals surface area contributed by atoms with Crippen molar-refractivity contribution in [2.45, 2.75) is 52.0 Å². The molecule has 3 heteroatoms. The van der Waals surface area contributed by atoms with E-state index in [9.17, 15) is 4.79 Å². The summed E-state index contributed by atoms with van der Waals surface area (Å²) >= 11 is 0. The third-order valence-electron chi connectivity index (χ3n) is 4.34. The molecule has 1 aliphatic rings. The highest BCUT2D eigenvalue weighted by Crippen LogP contribution is 2.41. The van der Waals surface area contributed by atoms with Crippen molar-refractivity contribution in [3.05, 3.63) is 29.8 Å². The molecule has 0 spiro atoms. The van der Waals surface area contributed by atoms with Crippen LogP contribution in [-0.4, -0.2) is 18.1 Å². The Bertz CT molecular complexity index is 472. The van der Waals surface area contributed by atoms with Gasteiger partial charge in [-0.2, -0.15) is 0 Å². The highest BCUT2D eigenvalue weighted by molar-refractivity contribution is 5.85. The second-order valence-corrected chi connectivity index (χ2v) is 5.68. The molecule has 1 N–H and O–H groups in total. The first-order valence-corrected chi connectivity index (χ1v) is 7.64. The van der Waals surface area contributed by atoms with Gasteiger partial charge in [0, 0.05) is 5.69 Å². The molecule has 1 aliphatic carbocycles. The van der Waals surface area contributed by atoms with Crippen molar-refractivity contribution < 1.29 is 9.53 Å². The second-order valence-electron chi connectivity index (χ2n) is 5.68. The van der Waals surface area contributed by atoms with E-state index in [2.05, 4.69) is 31.3 Å². The maximum absolute atomic E-state index is 12.5. The molecular formula is C17H25NO2. The van der Waals surface area contributed by atoms with Crippen LogP contribution in [0.15, 0.2) is 24.3 Å². The maximum Gasteiger partial charge on any atom is 0.332 e. The number of carbonyl (C=O) groups excluding carboxylic acids is 1. The Morgan fingerprint density at radius 1 is 1.45 bits per heavy atom. The molecule has 0 aromatic heterocycles. The number of anilines is 1. The molecule has 1 aromatic carbocycles. The number of esters is 1. The first-order chi connectivity index (χ1) is 9.62. The van der Waals surface area contributed by atoms with Crippen LogP contribution in [0.5, 0.6) is 0 Å². The third-order valence-corrected chi connectivity index (χ3v) is 4.34. The number of nitrogens with one attached hydrogen (secondary N) is 1. The number of rotatable bonds is 5. The number of aryl methyl sites for hydroxylation is 1. The molecule has 1 aromatic rings. The van der Waals surface area contributed by atoms with Crippen molar-refractivity contribution in [2.24, 2.45) is 5.92 Å². The van der Waals surface area contributed by atoms with E-state index in [0.717, 1.165) is 31.4 Å². The number of hydrogen-bond donors (Lipinski definition) is 1. The highest BCUT2D eigenvalue weighted by atomic mass is 16.5. The fraction of sp³-hybridized carbons (Fsp3) is 0.588. The van der Waals surface area contributed by atoms with Gasteiger partial charge in [0.25, 0.3) is 0 Å². The lowest BCUT2D eigenvalue weighted by Crippen LogP contribution is -2.50. The summed E-state index contributed by atoms with van der Waals surface area (Å²) in [5.74, 6) is 0.257. The van der Waals surface area contributed by atoms with Crippen LogP contribution < -0.4 is 5.32 Å². The zero-order valence-electron chi connectivity index (χ0n) is 12.7. The zero-order chi connectivity index (χ0) is 14.6. The summed E-state index contributed by atoms with van der Waals surface area (Å²) in [5, 5.41) is 3.51. The van der Waals surface area contributed by atoms with Gasteiger partial charge in [-0.05, 0) is 50.3 Å². The average Bonchev–Trinajstić information content (AvgIpc) is 2.83. The lowest BCUT2D eigenvalue weighted by molar-refractivity contribution is -0.150. The van der Waals surface area contributed by atoms with Crippen molar-refractivity contribution >= 4 is 11.7 Å². The molecule has 1 fully saturated rings. The van der Waals surface area contributed by atoms with Crippen molar-refractivity contribution in [1.82, 2.24) is 0 Å². The van der Waals surface area contributed by atoms with E-state index in [1.54, 1.807) is 0 Å². The van der Waals surface area contributed by atoms with Crippen molar-refractivity contribution in [2.75, 3.05) is 11.9 Å². The summed E-state index contributed by atoms with van der Waals surface area (Å²) < 4.78 is 5.36. The summed E-state index contributed by atoms with van der Waals surface area (Å²) in [5.41, 5.74) is 1.66. The van der Waals surface area contributed by atoms with E-state index in [4.69, 9.17) is 4.74 Å². The molecular weight excluding hydrogens is 250 g/mol. The molecule has 0 bridgehead atoms. The molecule has 2 unspecified atom stereocenters. The van der Waals surface area contributed by atoms with E-state index in [-0.39, 0.29) is 5.97 Å². The van der Waals surface area contributed by atoms with E-state index >= 15 is 0 Å². The van der Waals surface area contributed by atoms with Gasteiger partial charge >= 0.3 is 5.97 Å². The van der Waals surface area contributed by atoms with Gasteiger partial charge in [-0.3, -0.25) is 0 Å². The van der Waals surface area contributed by atoms with Gasteiger partial charge in [-0.1, -0.05) is 31.9 Å². The third kappa shape index (κ3) is 2.82. The SMILES string of the molecule is CCOC(=O)C1(Nc2cccc(C)c2)CCCC1CC. The maximum atomic E-state index is 12.5. The molecule has 0 heterocycles. The minimum absolute atomic E-state index is 0.0918. The Morgan fingerprint density at radius 2 is 2.25 bits per heavy atom. The first-order valence-electron chi connectivity index (χ1n) is 7.64. The fourth-order valence-electron chi connectivity index (χ4n) is 3.35. The fourth-order valence-corrected chi connectivity index (χ4v) is 3.35. The molecule has 0 radical (unpaired) electrons. The monoisotopic (exact) mass is 275 g/mol. The molecule has 3 nitrogen and oxygen atoms in total. The molecule has 110 valence electrons. The van der Waals surface area contributed by atoms with Gasteiger partial charge in [0.05, 0.1) is 6.61 Å². The quantitative estimate of drug-likeness (QED) is 0.828. The van der Waals surface area contributed by atoms with Crippen LogP contribution in [-0.2, 0) is 9.53 Å². The van der Waals surface area contributed by atoms with Crippen molar-refractivity contribution in [3.63, 3.8) is 0 Å². The Kier molecular flexibility index (Phi) is 4.69. The Morgan fingerprint density at radius 3 is 2.90 bits per heavy atom. The number of ether oxygens (including phenoxy) is 1. The first kappa shape index (κ1) is 14.9. The minimum Gasteiger partial charge on any atom is -0.464 e. The molecule has 2 atom stereocenters. The Balaban J connectivity index is 2.29. The predicted molar refractivity (Wildman–Crippen MR) is 81.8 cm³/mol. The van der Waals surface area contributed by atoms with Gasteiger partial charge in [-0.25, -0.2) is 4.79 Å². The van der Waals surface area contributed by atoms with E-state index in [0.29, 0.717) is 12.5 Å². The number of hydrogen-bond acceptors (Lipinski definition) is 3. The van der Waals surface area contributed by atoms with Gasteiger partial charge in [0.2, 0.25) is 0 Å². The van der Waals surface area contributed by atoms with Crippen molar-refractivity contribution in [1.29, 1.82) is 0 Å². The summed E-state index contributed by atoms with van der Waals surface area (Å²) in [6.45, 7) is 6.52. The summed E-state index contributed by atoms with van der Waals surface area (Å²) in [6, 6.07) is 8.20. The largest absolute Gasteiger partial charge is 0.464 e. The van der Waals surface area contributed by atoms with Gasteiger partial charge in [0.15, 0.2) is 0 Å². The number of carbonyl (C=O) groups is 1. The standard InChI is InChI=1S/C17H25NO2/c1-4-14-9-7-11-17(14,16(19)20-5-2)18-15-10-6-8-13(3)12-15/h6,8,10,12,14,18H,4-5,7,9,11H2,1-3H3. The summed E-state index contributed by atoms with van der Waals surface area (Å²) in [7, 11) is 0. The Hall–Kier alpha value is -1.51. The van der Waals surface area contributed by atoms with Gasteiger partial charge in [-0.15, -0.1) is 0 Å². The minimum atomic E-state index is -0.543. The second kappa shape index (κ2) is 6.29. The van der Waals surface area contributed by atoms with Gasteiger partial charge < -0.3 is 10.1 Å². The average molecular weight is 275 g/mol. The Labute approximate surface area is 121 Å². The molecule has 20 heavy (non-hydrogen) atoms. The lowest BCUT2D eigenvalue weighted by Gasteiger charge is -2.34. The van der Waals surface area contributed by atoms with E-state index in [1.807, 2.05) is 19.1 Å². The van der Waals surface area contributed by atoms with E-state index < -0.39 is 5.54 Å². The van der Waals surface area contributed by atoms with Crippen LogP contribution in [0.4, 0.5) is 5.69 Å². The highest BCUT2D eigenvalue weighted by Gasteiger charge is 2.49. The predicted octanol–water partition coefficient (Wildman–Crippen LogP) is 3.92. The van der Waals surface area contributed by atoms with Crippen LogP contribution in [0.1, 0.15) is 45.1 Å². The lowest BCUT2D eigenvalue weighted by atomic mass is 9.84. The summed E-state index contributed by atoms with van der Waals surface area (Å²) in [4.78, 5) is 12.5. The molecule has 2 rings (SSSR count). The molecule has 0 saturated heterocycles.